The van der Waals surface area contributed by atoms with Crippen molar-refractivity contribution >= 4 is 17.3 Å². The van der Waals surface area contributed by atoms with Crippen LogP contribution < -0.4 is 4.90 Å². The van der Waals surface area contributed by atoms with Gasteiger partial charge in [-0.2, -0.15) is 13.2 Å². The van der Waals surface area contributed by atoms with Crippen LogP contribution in [0.15, 0.2) is 18.2 Å². The van der Waals surface area contributed by atoms with E-state index < -0.39 is 34.9 Å². The number of rotatable bonds is 6. The van der Waals surface area contributed by atoms with Crippen LogP contribution in [0.25, 0.3) is 0 Å². The van der Waals surface area contributed by atoms with Crippen molar-refractivity contribution in [1.29, 1.82) is 0 Å². The molecule has 21 heavy (non-hydrogen) atoms. The van der Waals surface area contributed by atoms with Gasteiger partial charge in [0.25, 0.3) is 5.69 Å². The minimum atomic E-state index is -4.81. The van der Waals surface area contributed by atoms with Crippen molar-refractivity contribution in [2.75, 3.05) is 18.0 Å². The Labute approximate surface area is 117 Å². The Morgan fingerprint density at radius 3 is 2.48 bits per heavy atom. The Hall–Kier alpha value is -2.32. The van der Waals surface area contributed by atoms with Gasteiger partial charge in [-0.25, -0.2) is 0 Å². The minimum Gasteiger partial charge on any atom is -0.480 e. The molecule has 0 atom stereocenters. The van der Waals surface area contributed by atoms with Crippen LogP contribution >= 0.6 is 0 Å². The Morgan fingerprint density at radius 2 is 2.05 bits per heavy atom. The zero-order valence-electron chi connectivity index (χ0n) is 11.1. The van der Waals surface area contributed by atoms with E-state index in [1.807, 2.05) is 0 Å². The largest absolute Gasteiger partial charge is 0.480 e. The summed E-state index contributed by atoms with van der Waals surface area (Å²) >= 11 is 0. The van der Waals surface area contributed by atoms with E-state index in [0.717, 1.165) is 17.0 Å². The van der Waals surface area contributed by atoms with E-state index in [-0.39, 0.29) is 12.2 Å². The molecule has 9 heteroatoms. The lowest BCUT2D eigenvalue weighted by Crippen LogP contribution is -2.32. The van der Waals surface area contributed by atoms with Crippen molar-refractivity contribution in [2.45, 2.75) is 19.5 Å². The second-order valence-electron chi connectivity index (χ2n) is 4.27. The maximum Gasteiger partial charge on any atom is 0.418 e. The highest BCUT2D eigenvalue weighted by Gasteiger charge is 2.36. The van der Waals surface area contributed by atoms with Crippen molar-refractivity contribution in [2.24, 2.45) is 0 Å². The molecule has 1 aromatic rings. The number of nitro groups is 1. The maximum absolute atomic E-state index is 13.0. The number of non-ortho nitro benzene ring substituents is 1. The van der Waals surface area contributed by atoms with Crippen LogP contribution in [-0.2, 0) is 11.0 Å². The summed E-state index contributed by atoms with van der Waals surface area (Å²) in [6.45, 7) is 1.16. The Kier molecular flexibility index (Phi) is 5.12. The second-order valence-corrected chi connectivity index (χ2v) is 4.27. The first-order valence-electron chi connectivity index (χ1n) is 5.99. The van der Waals surface area contributed by atoms with Gasteiger partial charge in [0.1, 0.15) is 6.54 Å². The summed E-state index contributed by atoms with van der Waals surface area (Å²) in [7, 11) is 0. The van der Waals surface area contributed by atoms with Crippen LogP contribution in [0.5, 0.6) is 0 Å². The quantitative estimate of drug-likeness (QED) is 0.645. The molecule has 0 heterocycles. The standard InChI is InChI=1S/C12H13F3N2O4/c1-2-5-16(7-11(18)19)10-4-3-8(17(20)21)6-9(10)12(13,14)15/h3-4,6H,2,5,7H2,1H3,(H,18,19). The van der Waals surface area contributed by atoms with Crippen molar-refractivity contribution in [3.8, 4) is 0 Å². The second kappa shape index (κ2) is 6.42. The topological polar surface area (TPSA) is 83.7 Å². The summed E-state index contributed by atoms with van der Waals surface area (Å²) in [5, 5.41) is 19.4. The first-order chi connectivity index (χ1) is 9.66. The molecule has 1 aromatic carbocycles. The highest BCUT2D eigenvalue weighted by atomic mass is 19.4. The van der Waals surface area contributed by atoms with Crippen molar-refractivity contribution in [3.63, 3.8) is 0 Å². The summed E-state index contributed by atoms with van der Waals surface area (Å²) in [5.74, 6) is -1.28. The molecule has 1 N–H and O–H groups in total. The van der Waals surface area contributed by atoms with Crippen molar-refractivity contribution in [1.82, 2.24) is 0 Å². The van der Waals surface area contributed by atoms with Gasteiger partial charge in [-0.15, -0.1) is 0 Å². The Morgan fingerprint density at radius 1 is 1.43 bits per heavy atom. The number of hydrogen-bond donors (Lipinski definition) is 1. The first-order valence-corrected chi connectivity index (χ1v) is 5.99. The van der Waals surface area contributed by atoms with Gasteiger partial charge in [0.05, 0.1) is 10.5 Å². The minimum absolute atomic E-state index is 0.0905. The van der Waals surface area contributed by atoms with Crippen LogP contribution in [0.4, 0.5) is 24.5 Å². The molecule has 0 saturated carbocycles. The molecule has 0 radical (unpaired) electrons. The number of aliphatic carboxylic acids is 1. The number of carboxylic acid groups (broad SMARTS) is 1. The van der Waals surface area contributed by atoms with Gasteiger partial charge in [-0.1, -0.05) is 6.92 Å². The summed E-state index contributed by atoms with van der Waals surface area (Å²) in [6, 6.07) is 2.27. The molecule has 6 nitrogen and oxygen atoms in total. The predicted octanol–water partition coefficient (Wildman–Crippen LogP) is 2.91. The average Bonchev–Trinajstić information content (AvgIpc) is 2.36. The van der Waals surface area contributed by atoms with Gasteiger partial charge in [-0.3, -0.25) is 14.9 Å². The molecule has 0 aliphatic heterocycles. The molecule has 1 rings (SSSR count). The lowest BCUT2D eigenvalue weighted by molar-refractivity contribution is -0.385. The molecular weight excluding hydrogens is 293 g/mol. The third-order valence-corrected chi connectivity index (χ3v) is 2.66. The van der Waals surface area contributed by atoms with Gasteiger partial charge in [0.15, 0.2) is 0 Å². The van der Waals surface area contributed by atoms with Crippen LogP contribution in [-0.4, -0.2) is 29.1 Å². The van der Waals surface area contributed by atoms with Crippen molar-refractivity contribution in [3.05, 3.63) is 33.9 Å². The molecule has 0 unspecified atom stereocenters. The number of nitrogens with zero attached hydrogens (tertiary/aromatic N) is 2. The molecule has 0 spiro atoms. The number of alkyl halides is 3. The van der Waals surface area contributed by atoms with Crippen LogP contribution in [0.2, 0.25) is 0 Å². The molecule has 0 aliphatic carbocycles. The molecular formula is C12H13F3N2O4. The number of halogens is 3. The zero-order valence-corrected chi connectivity index (χ0v) is 11.1. The van der Waals surface area contributed by atoms with Crippen molar-refractivity contribution < 1.29 is 28.0 Å². The van der Waals surface area contributed by atoms with Crippen LogP contribution in [0.3, 0.4) is 0 Å². The summed E-state index contributed by atoms with van der Waals surface area (Å²) in [5.41, 5.74) is -2.29. The van der Waals surface area contributed by atoms with Gasteiger partial charge < -0.3 is 10.0 Å². The zero-order chi connectivity index (χ0) is 16.2. The van der Waals surface area contributed by atoms with Crippen LogP contribution in [0.1, 0.15) is 18.9 Å². The number of carboxylic acids is 1. The third-order valence-electron chi connectivity index (χ3n) is 2.66. The first kappa shape index (κ1) is 16.7. The molecule has 116 valence electrons. The highest BCUT2D eigenvalue weighted by Crippen LogP contribution is 2.38. The lowest BCUT2D eigenvalue weighted by atomic mass is 10.1. The van der Waals surface area contributed by atoms with E-state index in [0.29, 0.717) is 12.5 Å². The summed E-state index contributed by atoms with van der Waals surface area (Å²) < 4.78 is 39.1. The van der Waals surface area contributed by atoms with Gasteiger partial charge in [0, 0.05) is 24.4 Å². The maximum atomic E-state index is 13.0. The smallest absolute Gasteiger partial charge is 0.418 e. The molecule has 0 saturated heterocycles. The fourth-order valence-electron chi connectivity index (χ4n) is 1.86. The number of nitro benzene ring substituents is 1. The Balaban J connectivity index is 3.37. The fourth-order valence-corrected chi connectivity index (χ4v) is 1.86. The van der Waals surface area contributed by atoms with E-state index in [9.17, 15) is 28.1 Å². The predicted molar refractivity (Wildman–Crippen MR) is 68.2 cm³/mol. The monoisotopic (exact) mass is 306 g/mol. The molecule has 0 fully saturated rings. The average molecular weight is 306 g/mol. The van der Waals surface area contributed by atoms with E-state index >= 15 is 0 Å². The van der Waals surface area contributed by atoms with Gasteiger partial charge in [-0.05, 0) is 12.5 Å². The highest BCUT2D eigenvalue weighted by molar-refractivity contribution is 5.75. The van der Waals surface area contributed by atoms with E-state index in [2.05, 4.69) is 0 Å². The normalized spacial score (nSPS) is 11.2. The van der Waals surface area contributed by atoms with E-state index in [4.69, 9.17) is 5.11 Å². The summed E-state index contributed by atoms with van der Waals surface area (Å²) in [4.78, 5) is 21.5. The molecule has 0 aliphatic rings. The number of hydrogen-bond acceptors (Lipinski definition) is 4. The number of anilines is 1. The number of benzene rings is 1. The molecule has 0 aromatic heterocycles. The number of carbonyl (C=O) groups is 1. The van der Waals surface area contributed by atoms with Gasteiger partial charge in [0.2, 0.25) is 0 Å². The summed E-state index contributed by atoms with van der Waals surface area (Å²) in [6.07, 6.45) is -4.38. The van der Waals surface area contributed by atoms with Gasteiger partial charge >= 0.3 is 12.1 Å². The molecule has 0 bridgehead atoms. The van der Waals surface area contributed by atoms with E-state index in [1.165, 1.54) is 0 Å². The van der Waals surface area contributed by atoms with Crippen LogP contribution in [0, 0.1) is 10.1 Å². The lowest BCUT2D eigenvalue weighted by Gasteiger charge is -2.25. The SMILES string of the molecule is CCCN(CC(=O)O)c1ccc([N+](=O)[O-])cc1C(F)(F)F. The fraction of sp³-hybridized carbons (Fsp3) is 0.417. The third kappa shape index (κ3) is 4.33. The van der Waals surface area contributed by atoms with E-state index in [1.54, 1.807) is 6.92 Å². The molecule has 0 amide bonds. The Bertz CT molecular complexity index is 546.